The van der Waals surface area contributed by atoms with E-state index in [0.717, 1.165) is 18.3 Å². The maximum atomic E-state index is 12.8. The molecule has 0 aliphatic rings. The molecule has 0 aliphatic heterocycles. The zero-order valence-electron chi connectivity index (χ0n) is 12.2. The van der Waals surface area contributed by atoms with Crippen LogP contribution in [0.3, 0.4) is 0 Å². The molecule has 0 fully saturated rings. The number of aromatic nitrogens is 1. The normalized spacial score (nSPS) is 11.1. The van der Waals surface area contributed by atoms with Crippen LogP contribution >= 0.6 is 23.2 Å². The van der Waals surface area contributed by atoms with Gasteiger partial charge in [0.25, 0.3) is 5.91 Å². The summed E-state index contributed by atoms with van der Waals surface area (Å²) in [6, 6.07) is 5.62. The molecule has 0 atom stereocenters. The largest absolute Gasteiger partial charge is 0.452 e. The molecule has 0 unspecified atom stereocenters. The van der Waals surface area contributed by atoms with Gasteiger partial charge in [0, 0.05) is 6.20 Å². The quantitative estimate of drug-likeness (QED) is 0.625. The number of carbonyl (C=O) groups excluding carboxylic acids is 2. The fourth-order valence-electron chi connectivity index (χ4n) is 1.77. The zero-order chi connectivity index (χ0) is 18.6. The van der Waals surface area contributed by atoms with Crippen molar-refractivity contribution in [3.8, 4) is 0 Å². The highest BCUT2D eigenvalue weighted by Crippen LogP contribution is 2.34. The monoisotopic (exact) mass is 392 g/mol. The van der Waals surface area contributed by atoms with Crippen molar-refractivity contribution >= 4 is 40.8 Å². The standard InChI is InChI=1S/C15H9Cl2F3N2O3/c16-10-5-8(6-21-13(10)17)14(24)25-7-12(23)22-11-4-2-1-3-9(11)15(18,19)20/h1-6H,7H2,(H,22,23). The minimum absolute atomic E-state index is 0.0136. The highest BCUT2D eigenvalue weighted by molar-refractivity contribution is 6.41. The van der Waals surface area contributed by atoms with E-state index in [1.165, 1.54) is 18.2 Å². The minimum Gasteiger partial charge on any atom is -0.452 e. The fourth-order valence-corrected chi connectivity index (χ4v) is 2.04. The number of esters is 1. The Balaban J connectivity index is 1.99. The van der Waals surface area contributed by atoms with E-state index in [2.05, 4.69) is 4.98 Å². The maximum Gasteiger partial charge on any atom is 0.418 e. The Hall–Kier alpha value is -2.32. The summed E-state index contributed by atoms with van der Waals surface area (Å²) in [6.45, 7) is -0.786. The highest BCUT2D eigenvalue weighted by Gasteiger charge is 2.33. The number of rotatable bonds is 4. The Bertz CT molecular complexity index is 813. The second kappa shape index (κ2) is 7.71. The van der Waals surface area contributed by atoms with Crippen molar-refractivity contribution in [3.05, 3.63) is 57.8 Å². The molecular formula is C15H9Cl2F3N2O3. The Labute approximate surface area is 149 Å². The minimum atomic E-state index is -4.63. The van der Waals surface area contributed by atoms with E-state index < -0.39 is 35.9 Å². The van der Waals surface area contributed by atoms with Gasteiger partial charge in [0.1, 0.15) is 5.15 Å². The molecule has 25 heavy (non-hydrogen) atoms. The number of hydrogen-bond acceptors (Lipinski definition) is 4. The summed E-state index contributed by atoms with van der Waals surface area (Å²) >= 11 is 11.3. The first-order chi connectivity index (χ1) is 11.7. The number of nitrogens with zero attached hydrogens (tertiary/aromatic N) is 1. The van der Waals surface area contributed by atoms with Crippen LogP contribution in [0.1, 0.15) is 15.9 Å². The number of hydrogen-bond donors (Lipinski definition) is 1. The smallest absolute Gasteiger partial charge is 0.418 e. The van der Waals surface area contributed by atoms with Crippen LogP contribution in [-0.2, 0) is 15.7 Å². The summed E-state index contributed by atoms with van der Waals surface area (Å²) in [5.74, 6) is -1.86. The molecular weight excluding hydrogens is 384 g/mol. The van der Waals surface area contributed by atoms with Crippen LogP contribution in [0.5, 0.6) is 0 Å². The van der Waals surface area contributed by atoms with Gasteiger partial charge in [-0.1, -0.05) is 35.3 Å². The third-order valence-electron chi connectivity index (χ3n) is 2.87. The van der Waals surface area contributed by atoms with E-state index in [0.29, 0.717) is 0 Å². The van der Waals surface area contributed by atoms with Crippen LogP contribution < -0.4 is 5.32 Å². The van der Waals surface area contributed by atoms with Crippen LogP contribution in [0.4, 0.5) is 18.9 Å². The van der Waals surface area contributed by atoms with Gasteiger partial charge in [0.2, 0.25) is 0 Å². The average Bonchev–Trinajstić information content (AvgIpc) is 2.54. The van der Waals surface area contributed by atoms with Gasteiger partial charge >= 0.3 is 12.1 Å². The fraction of sp³-hybridized carbons (Fsp3) is 0.133. The van der Waals surface area contributed by atoms with Crippen molar-refractivity contribution < 1.29 is 27.5 Å². The van der Waals surface area contributed by atoms with Crippen LogP contribution in [0.2, 0.25) is 10.2 Å². The van der Waals surface area contributed by atoms with Gasteiger partial charge in [-0.15, -0.1) is 0 Å². The Kier molecular flexibility index (Phi) is 5.86. The SMILES string of the molecule is O=C(COC(=O)c1cnc(Cl)c(Cl)c1)Nc1ccccc1C(F)(F)F. The molecule has 1 N–H and O–H groups in total. The van der Waals surface area contributed by atoms with Gasteiger partial charge < -0.3 is 10.1 Å². The second-order valence-electron chi connectivity index (χ2n) is 4.66. The second-order valence-corrected chi connectivity index (χ2v) is 5.43. The zero-order valence-corrected chi connectivity index (χ0v) is 13.7. The molecule has 0 radical (unpaired) electrons. The van der Waals surface area contributed by atoms with Gasteiger partial charge in [-0.05, 0) is 18.2 Å². The summed E-state index contributed by atoms with van der Waals surface area (Å²) in [6.07, 6.45) is -3.54. The molecule has 0 spiro atoms. The summed E-state index contributed by atoms with van der Waals surface area (Å²) in [4.78, 5) is 27.1. The lowest BCUT2D eigenvalue weighted by molar-refractivity contribution is -0.137. The number of nitrogens with one attached hydrogen (secondary N) is 1. The molecule has 0 saturated heterocycles. The van der Waals surface area contributed by atoms with E-state index in [9.17, 15) is 22.8 Å². The number of pyridine rings is 1. The molecule has 1 aromatic heterocycles. The Morgan fingerprint density at radius 3 is 2.52 bits per heavy atom. The molecule has 0 saturated carbocycles. The summed E-state index contributed by atoms with van der Waals surface area (Å²) in [7, 11) is 0. The number of halogens is 5. The Morgan fingerprint density at radius 2 is 1.88 bits per heavy atom. The van der Waals surface area contributed by atoms with E-state index in [1.807, 2.05) is 5.32 Å². The third-order valence-corrected chi connectivity index (χ3v) is 3.56. The maximum absolute atomic E-state index is 12.8. The van der Waals surface area contributed by atoms with Gasteiger partial charge in [-0.25, -0.2) is 9.78 Å². The predicted molar refractivity (Wildman–Crippen MR) is 84.6 cm³/mol. The molecule has 132 valence electrons. The number of para-hydroxylation sites is 1. The molecule has 1 aromatic carbocycles. The molecule has 1 amide bonds. The van der Waals surface area contributed by atoms with Crippen LogP contribution in [0.15, 0.2) is 36.5 Å². The number of benzene rings is 1. The van der Waals surface area contributed by atoms with Gasteiger partial charge in [-0.3, -0.25) is 4.79 Å². The lowest BCUT2D eigenvalue weighted by Crippen LogP contribution is -2.22. The molecule has 0 bridgehead atoms. The van der Waals surface area contributed by atoms with Gasteiger partial charge in [0.15, 0.2) is 6.61 Å². The first-order valence-corrected chi connectivity index (χ1v) is 7.38. The van der Waals surface area contributed by atoms with E-state index >= 15 is 0 Å². The van der Waals surface area contributed by atoms with Gasteiger partial charge in [-0.2, -0.15) is 13.2 Å². The van der Waals surface area contributed by atoms with Crippen molar-refractivity contribution in [2.45, 2.75) is 6.18 Å². The van der Waals surface area contributed by atoms with E-state index in [-0.39, 0.29) is 15.7 Å². The molecule has 2 rings (SSSR count). The molecule has 10 heteroatoms. The van der Waals surface area contributed by atoms with E-state index in [1.54, 1.807) is 0 Å². The van der Waals surface area contributed by atoms with Crippen molar-refractivity contribution in [1.29, 1.82) is 0 Å². The lowest BCUT2D eigenvalue weighted by Gasteiger charge is -2.13. The number of alkyl halides is 3. The van der Waals surface area contributed by atoms with Crippen molar-refractivity contribution in [3.63, 3.8) is 0 Å². The van der Waals surface area contributed by atoms with Crippen LogP contribution in [0, 0.1) is 0 Å². The number of ether oxygens (including phenoxy) is 1. The predicted octanol–water partition coefficient (Wildman–Crippen LogP) is 4.20. The Morgan fingerprint density at radius 1 is 1.20 bits per heavy atom. The number of amides is 1. The average molecular weight is 393 g/mol. The molecule has 0 aliphatic carbocycles. The molecule has 2 aromatic rings. The summed E-state index contributed by atoms with van der Waals surface area (Å²) < 4.78 is 43.2. The van der Waals surface area contributed by atoms with Crippen molar-refractivity contribution in [2.24, 2.45) is 0 Å². The summed E-state index contributed by atoms with van der Waals surface area (Å²) in [5.41, 5.74) is -1.51. The molecule has 1 heterocycles. The van der Waals surface area contributed by atoms with Crippen LogP contribution in [0.25, 0.3) is 0 Å². The first-order valence-electron chi connectivity index (χ1n) is 6.62. The number of anilines is 1. The van der Waals surface area contributed by atoms with E-state index in [4.69, 9.17) is 27.9 Å². The number of carbonyl (C=O) groups is 2. The topological polar surface area (TPSA) is 68.3 Å². The highest BCUT2D eigenvalue weighted by atomic mass is 35.5. The summed E-state index contributed by atoms with van der Waals surface area (Å²) in [5, 5.41) is 2.04. The van der Waals surface area contributed by atoms with Crippen LogP contribution in [-0.4, -0.2) is 23.5 Å². The first kappa shape index (κ1) is 19.0. The lowest BCUT2D eigenvalue weighted by atomic mass is 10.1. The molecule has 5 nitrogen and oxygen atoms in total. The van der Waals surface area contributed by atoms with Gasteiger partial charge in [0.05, 0.1) is 21.8 Å². The third kappa shape index (κ3) is 5.07. The van der Waals surface area contributed by atoms with Crippen molar-refractivity contribution in [2.75, 3.05) is 11.9 Å². The van der Waals surface area contributed by atoms with Crippen molar-refractivity contribution in [1.82, 2.24) is 4.98 Å².